The molecule has 0 saturated carbocycles. The lowest BCUT2D eigenvalue weighted by Crippen LogP contribution is -2.29. The van der Waals surface area contributed by atoms with Crippen molar-refractivity contribution in [2.24, 2.45) is 0 Å². The zero-order chi connectivity index (χ0) is 9.64. The fourth-order valence-corrected chi connectivity index (χ4v) is 1.88. The van der Waals surface area contributed by atoms with Crippen molar-refractivity contribution in [3.05, 3.63) is 11.6 Å². The Morgan fingerprint density at radius 1 is 1.46 bits per heavy atom. The van der Waals surface area contributed by atoms with Gasteiger partial charge in [-0.25, -0.2) is 0 Å². The first kappa shape index (κ1) is 9.15. The lowest BCUT2D eigenvalue weighted by Gasteiger charge is -2.18. The largest absolute Gasteiger partial charge is 0.392 e. The summed E-state index contributed by atoms with van der Waals surface area (Å²) < 4.78 is 11.0. The van der Waals surface area contributed by atoms with E-state index in [0.717, 1.165) is 0 Å². The number of hydrogen-bond donors (Lipinski definition) is 2. The van der Waals surface area contributed by atoms with E-state index in [2.05, 4.69) is 0 Å². The molecule has 0 radical (unpaired) electrons. The number of aliphatic hydroxyl groups excluding tert-OH is 2. The van der Waals surface area contributed by atoms with Crippen molar-refractivity contribution in [3.8, 4) is 0 Å². The second-order valence-corrected chi connectivity index (χ2v) is 3.91. The highest BCUT2D eigenvalue weighted by molar-refractivity contribution is 5.24. The van der Waals surface area contributed by atoms with Crippen LogP contribution in [0.4, 0.5) is 0 Å². The second-order valence-electron chi connectivity index (χ2n) is 3.91. The van der Waals surface area contributed by atoms with Gasteiger partial charge in [-0.15, -0.1) is 0 Å². The first-order chi connectivity index (χ1) is 6.03. The summed E-state index contributed by atoms with van der Waals surface area (Å²) in [5, 5.41) is 18.5. The van der Waals surface area contributed by atoms with Crippen LogP contribution in [0.3, 0.4) is 0 Å². The predicted octanol–water partition coefficient (Wildman–Crippen LogP) is -0.200. The van der Waals surface area contributed by atoms with E-state index in [1.165, 1.54) is 0 Å². The molecule has 2 rings (SSSR count). The minimum absolute atomic E-state index is 0.0856. The van der Waals surface area contributed by atoms with Gasteiger partial charge in [-0.05, 0) is 25.5 Å². The maximum absolute atomic E-state index is 9.54. The molecule has 0 unspecified atom stereocenters. The van der Waals surface area contributed by atoms with E-state index < -0.39 is 11.9 Å². The smallest absolute Gasteiger partial charge is 0.164 e. The molecule has 1 heterocycles. The molecule has 4 nitrogen and oxygen atoms in total. The molecular weight excluding hydrogens is 172 g/mol. The van der Waals surface area contributed by atoms with Crippen LogP contribution >= 0.6 is 0 Å². The summed E-state index contributed by atoms with van der Waals surface area (Å²) in [5.41, 5.74) is 0.711. The van der Waals surface area contributed by atoms with E-state index in [0.29, 0.717) is 5.57 Å². The van der Waals surface area contributed by atoms with Crippen molar-refractivity contribution in [1.82, 2.24) is 0 Å². The van der Waals surface area contributed by atoms with Gasteiger partial charge in [-0.3, -0.25) is 0 Å². The highest BCUT2D eigenvalue weighted by atomic mass is 16.8. The van der Waals surface area contributed by atoms with Crippen LogP contribution in [0.2, 0.25) is 0 Å². The van der Waals surface area contributed by atoms with Gasteiger partial charge in [0.05, 0.1) is 6.61 Å². The molecule has 0 spiro atoms. The van der Waals surface area contributed by atoms with Crippen LogP contribution in [0.1, 0.15) is 13.8 Å². The third-order valence-corrected chi connectivity index (χ3v) is 2.40. The van der Waals surface area contributed by atoms with E-state index in [-0.39, 0.29) is 18.8 Å². The average Bonchev–Trinajstić information content (AvgIpc) is 2.47. The third-order valence-electron chi connectivity index (χ3n) is 2.40. The van der Waals surface area contributed by atoms with Gasteiger partial charge in [-0.2, -0.15) is 0 Å². The molecule has 2 N–H and O–H groups in total. The molecule has 1 aliphatic carbocycles. The van der Waals surface area contributed by atoms with Crippen LogP contribution in [0, 0.1) is 0 Å². The van der Waals surface area contributed by atoms with Crippen molar-refractivity contribution >= 4 is 0 Å². The Bertz CT molecular complexity index is 246. The van der Waals surface area contributed by atoms with E-state index in [1.807, 2.05) is 0 Å². The highest BCUT2D eigenvalue weighted by Crippen LogP contribution is 2.37. The first-order valence-electron chi connectivity index (χ1n) is 4.38. The van der Waals surface area contributed by atoms with Crippen molar-refractivity contribution in [3.63, 3.8) is 0 Å². The highest BCUT2D eigenvalue weighted by Gasteiger charge is 2.49. The Labute approximate surface area is 76.8 Å². The number of rotatable bonds is 1. The normalized spacial score (nSPS) is 41.8. The first-order valence-corrected chi connectivity index (χ1v) is 4.38. The van der Waals surface area contributed by atoms with E-state index >= 15 is 0 Å². The predicted molar refractivity (Wildman–Crippen MR) is 45.0 cm³/mol. The molecule has 0 amide bonds. The molecule has 4 heteroatoms. The van der Waals surface area contributed by atoms with Gasteiger partial charge in [0.15, 0.2) is 5.79 Å². The molecule has 1 fully saturated rings. The molecule has 1 aliphatic heterocycles. The van der Waals surface area contributed by atoms with Crippen molar-refractivity contribution in [2.45, 2.75) is 37.9 Å². The molecule has 0 aromatic rings. The van der Waals surface area contributed by atoms with Gasteiger partial charge in [0.2, 0.25) is 0 Å². The van der Waals surface area contributed by atoms with Gasteiger partial charge in [0, 0.05) is 0 Å². The van der Waals surface area contributed by atoms with Crippen molar-refractivity contribution in [2.75, 3.05) is 6.61 Å². The summed E-state index contributed by atoms with van der Waals surface area (Å²) in [6.07, 6.45) is 0.311. The van der Waals surface area contributed by atoms with Crippen LogP contribution in [0.15, 0.2) is 11.6 Å². The Kier molecular flexibility index (Phi) is 1.96. The average molecular weight is 186 g/mol. The summed E-state index contributed by atoms with van der Waals surface area (Å²) >= 11 is 0. The maximum atomic E-state index is 9.54. The fourth-order valence-electron chi connectivity index (χ4n) is 1.88. The Morgan fingerprint density at radius 2 is 2.15 bits per heavy atom. The Hall–Kier alpha value is -0.420. The molecule has 0 aromatic carbocycles. The van der Waals surface area contributed by atoms with Gasteiger partial charge < -0.3 is 19.7 Å². The number of fused-ring (bicyclic) bond motifs is 1. The van der Waals surface area contributed by atoms with Crippen LogP contribution < -0.4 is 0 Å². The standard InChI is InChI=1S/C9H14O4/c1-9(2)12-7-5(4-10)3-6(11)8(7)13-9/h3,6-8,10-11H,4H2,1-2H3/t6-,7+,8-/m0/s1. The van der Waals surface area contributed by atoms with Crippen LogP contribution in [-0.2, 0) is 9.47 Å². The fraction of sp³-hybridized carbons (Fsp3) is 0.778. The molecule has 1 saturated heterocycles. The minimum Gasteiger partial charge on any atom is -0.392 e. The van der Waals surface area contributed by atoms with Crippen LogP contribution in [0.25, 0.3) is 0 Å². The Balaban J connectivity index is 2.19. The monoisotopic (exact) mass is 186 g/mol. The second kappa shape index (κ2) is 2.78. The van der Waals surface area contributed by atoms with Crippen molar-refractivity contribution in [1.29, 1.82) is 0 Å². The summed E-state index contributed by atoms with van der Waals surface area (Å²) in [6.45, 7) is 3.51. The maximum Gasteiger partial charge on any atom is 0.164 e. The van der Waals surface area contributed by atoms with Gasteiger partial charge in [0.25, 0.3) is 0 Å². The summed E-state index contributed by atoms with van der Waals surface area (Å²) in [4.78, 5) is 0. The third kappa shape index (κ3) is 1.40. The quantitative estimate of drug-likeness (QED) is 0.557. The number of ether oxygens (including phenoxy) is 2. The number of hydrogen-bond acceptors (Lipinski definition) is 4. The van der Waals surface area contributed by atoms with Crippen LogP contribution in [0.5, 0.6) is 0 Å². The van der Waals surface area contributed by atoms with E-state index in [1.54, 1.807) is 19.9 Å². The molecule has 13 heavy (non-hydrogen) atoms. The topological polar surface area (TPSA) is 58.9 Å². The molecular formula is C9H14O4. The summed E-state index contributed by atoms with van der Waals surface area (Å²) in [6, 6.07) is 0. The van der Waals surface area contributed by atoms with Crippen molar-refractivity contribution < 1.29 is 19.7 Å². The van der Waals surface area contributed by atoms with Gasteiger partial charge in [0.1, 0.15) is 18.3 Å². The van der Waals surface area contributed by atoms with Crippen LogP contribution in [-0.4, -0.2) is 40.9 Å². The Morgan fingerprint density at radius 3 is 2.77 bits per heavy atom. The molecule has 2 aliphatic rings. The SMILES string of the molecule is CC1(C)O[C@@H]2[C@H](O1)C(CO)=C[C@@H]2O. The zero-order valence-electron chi connectivity index (χ0n) is 7.73. The zero-order valence-corrected chi connectivity index (χ0v) is 7.73. The molecule has 3 atom stereocenters. The summed E-state index contributed by atoms with van der Waals surface area (Å²) in [5.74, 6) is -0.662. The molecule has 0 bridgehead atoms. The van der Waals surface area contributed by atoms with Gasteiger partial charge >= 0.3 is 0 Å². The number of aliphatic hydroxyl groups is 2. The molecule has 0 aromatic heterocycles. The van der Waals surface area contributed by atoms with Gasteiger partial charge in [-0.1, -0.05) is 0 Å². The van der Waals surface area contributed by atoms with E-state index in [4.69, 9.17) is 14.6 Å². The molecule has 74 valence electrons. The minimum atomic E-state index is -0.662. The summed E-state index contributed by atoms with van der Waals surface area (Å²) in [7, 11) is 0. The lowest BCUT2D eigenvalue weighted by molar-refractivity contribution is -0.153. The van der Waals surface area contributed by atoms with E-state index in [9.17, 15) is 5.11 Å². The lowest BCUT2D eigenvalue weighted by atomic mass is 10.1.